The lowest BCUT2D eigenvalue weighted by Gasteiger charge is -2.05. The van der Waals surface area contributed by atoms with Gasteiger partial charge in [-0.15, -0.1) is 0 Å². The van der Waals surface area contributed by atoms with Crippen LogP contribution in [-0.2, 0) is 0 Å². The highest BCUT2D eigenvalue weighted by Gasteiger charge is 2.14. The highest BCUT2D eigenvalue weighted by Crippen LogP contribution is 2.08. The number of carboxylic acids is 1. The number of carbonyl (C=O) groups excluding carboxylic acids is 1. The van der Waals surface area contributed by atoms with Gasteiger partial charge in [0, 0.05) is 7.97 Å². The topological polar surface area (TPSA) is 66.4 Å². The summed E-state index contributed by atoms with van der Waals surface area (Å²) >= 11 is 0. The molecule has 0 aliphatic heterocycles. The number of benzene rings is 1. The van der Waals surface area contributed by atoms with Gasteiger partial charge in [0.1, 0.15) is 0 Å². The molecule has 96 valence electrons. The maximum atomic E-state index is 11.6. The van der Waals surface area contributed by atoms with Gasteiger partial charge >= 0.3 is 5.97 Å². The predicted octanol–water partition coefficient (Wildman–Crippen LogP) is 2.80. The van der Waals surface area contributed by atoms with Crippen LogP contribution in [0.5, 0.6) is 0 Å². The van der Waals surface area contributed by atoms with Crippen molar-refractivity contribution in [2.24, 2.45) is 0 Å². The number of hydrogen-bond donors (Lipinski definition) is 2. The second-order valence-electron chi connectivity index (χ2n) is 3.11. The van der Waals surface area contributed by atoms with E-state index in [0.29, 0.717) is 6.54 Å². The van der Waals surface area contributed by atoms with E-state index < -0.39 is 5.97 Å². The van der Waals surface area contributed by atoms with Crippen molar-refractivity contribution in [3.8, 4) is 0 Å². The Bertz CT molecular complexity index is 380. The summed E-state index contributed by atoms with van der Waals surface area (Å²) in [6.45, 7) is 6.48. The maximum Gasteiger partial charge on any atom is 0.336 e. The molecule has 0 fully saturated rings. The van der Waals surface area contributed by atoms with Crippen molar-refractivity contribution in [3.63, 3.8) is 0 Å². The second-order valence-corrected chi connectivity index (χ2v) is 3.11. The maximum absolute atomic E-state index is 11.6. The first-order valence-electron chi connectivity index (χ1n) is 5.77. The minimum Gasteiger partial charge on any atom is -0.478 e. The van der Waals surface area contributed by atoms with Crippen molar-refractivity contribution in [2.75, 3.05) is 6.54 Å². The van der Waals surface area contributed by atoms with Crippen LogP contribution in [0.3, 0.4) is 0 Å². The van der Waals surface area contributed by atoms with E-state index in [9.17, 15) is 9.59 Å². The zero-order chi connectivity index (χ0) is 13.3. The number of aromatic carboxylic acids is 1. The Morgan fingerprint density at radius 2 is 1.76 bits per heavy atom. The summed E-state index contributed by atoms with van der Waals surface area (Å²) in [6.07, 6.45) is 0.820. The summed E-state index contributed by atoms with van der Waals surface area (Å²) in [5.74, 6) is -1.42. The summed E-state index contributed by atoms with van der Waals surface area (Å²) in [5.41, 5.74) is 0.240. The number of hydrogen-bond acceptors (Lipinski definition) is 2. The summed E-state index contributed by atoms with van der Waals surface area (Å²) in [5, 5.41) is 11.5. The van der Waals surface area contributed by atoms with E-state index in [1.807, 2.05) is 20.8 Å². The van der Waals surface area contributed by atoms with Crippen LogP contribution < -0.4 is 5.32 Å². The van der Waals surface area contributed by atoms with Crippen molar-refractivity contribution >= 4 is 11.9 Å². The predicted molar refractivity (Wildman–Crippen MR) is 69.5 cm³/mol. The molecule has 4 heteroatoms. The van der Waals surface area contributed by atoms with E-state index in [-0.39, 0.29) is 18.5 Å². The molecule has 1 rings (SSSR count). The van der Waals surface area contributed by atoms with Crippen LogP contribution in [-0.4, -0.2) is 23.5 Å². The highest BCUT2D eigenvalue weighted by molar-refractivity contribution is 6.04. The summed E-state index contributed by atoms with van der Waals surface area (Å²) in [7, 11) is 0. The van der Waals surface area contributed by atoms with Gasteiger partial charge in [-0.05, 0) is 18.6 Å². The van der Waals surface area contributed by atoms with Crippen LogP contribution in [0.1, 0.15) is 49.3 Å². The second kappa shape index (κ2) is 8.33. The Labute approximate surface area is 103 Å². The Morgan fingerprint density at radius 3 is 2.24 bits per heavy atom. The summed E-state index contributed by atoms with van der Waals surface area (Å²) < 4.78 is 0. The minimum atomic E-state index is -1.09. The molecule has 0 radical (unpaired) electrons. The lowest BCUT2D eigenvalue weighted by Crippen LogP contribution is -2.25. The quantitative estimate of drug-likeness (QED) is 0.849. The molecule has 2 N–H and O–H groups in total. The van der Waals surface area contributed by atoms with Crippen LogP contribution in [0.15, 0.2) is 24.3 Å². The summed E-state index contributed by atoms with van der Waals surface area (Å²) in [4.78, 5) is 22.4. The molecule has 0 bridgehead atoms. The van der Waals surface area contributed by atoms with Crippen molar-refractivity contribution in [1.29, 1.82) is 0 Å². The molecule has 1 amide bonds. The van der Waals surface area contributed by atoms with Gasteiger partial charge in [0.2, 0.25) is 0 Å². The van der Waals surface area contributed by atoms with Crippen molar-refractivity contribution in [1.82, 2.24) is 5.32 Å². The fourth-order valence-corrected chi connectivity index (χ4v) is 1.20. The lowest BCUT2D eigenvalue weighted by atomic mass is 10.1. The molecular formula is C13H21NO3. The Balaban J connectivity index is 0. The smallest absolute Gasteiger partial charge is 0.336 e. The number of nitrogens with one attached hydrogen (secondary N) is 1. The Hall–Kier alpha value is -1.84. The van der Waals surface area contributed by atoms with Crippen molar-refractivity contribution in [3.05, 3.63) is 35.4 Å². The molecule has 1 aromatic rings. The monoisotopic (exact) mass is 239 g/mol. The van der Waals surface area contributed by atoms with Crippen LogP contribution in [0.25, 0.3) is 0 Å². The number of rotatable bonds is 4. The molecule has 1 aromatic carbocycles. The highest BCUT2D eigenvalue weighted by atomic mass is 16.4. The van der Waals surface area contributed by atoms with Gasteiger partial charge in [-0.1, -0.05) is 32.9 Å². The van der Waals surface area contributed by atoms with Crippen LogP contribution >= 0.6 is 0 Å². The van der Waals surface area contributed by atoms with E-state index in [1.165, 1.54) is 12.1 Å². The van der Waals surface area contributed by atoms with Crippen LogP contribution in [0.4, 0.5) is 0 Å². The number of carbonyl (C=O) groups is 2. The average Bonchev–Trinajstić information content (AvgIpc) is 2.38. The van der Waals surface area contributed by atoms with Gasteiger partial charge < -0.3 is 10.4 Å². The molecule has 0 spiro atoms. The number of amides is 1. The van der Waals surface area contributed by atoms with E-state index in [2.05, 4.69) is 5.32 Å². The number of carboxylic acid groups (broad SMARTS) is 1. The zero-order valence-electron chi connectivity index (χ0n) is 10.5. The molecule has 0 atom stereocenters. The first kappa shape index (κ1) is 15.2. The van der Waals surface area contributed by atoms with Crippen molar-refractivity contribution in [2.45, 2.75) is 27.2 Å². The first-order chi connectivity index (χ1) is 8.16. The van der Waals surface area contributed by atoms with Gasteiger partial charge in [-0.25, -0.2) is 4.79 Å². The molecule has 0 saturated heterocycles. The molecule has 4 nitrogen and oxygen atoms in total. The molecule has 0 saturated carbocycles. The van der Waals surface area contributed by atoms with E-state index in [0.717, 1.165) is 6.42 Å². The van der Waals surface area contributed by atoms with E-state index in [1.54, 1.807) is 12.1 Å². The van der Waals surface area contributed by atoms with Crippen LogP contribution in [0.2, 0.25) is 0 Å². The molecule has 0 aliphatic rings. The van der Waals surface area contributed by atoms with Crippen LogP contribution in [0, 0.1) is 0 Å². The average molecular weight is 239 g/mol. The third-order valence-electron chi connectivity index (χ3n) is 1.94. The standard InChI is InChI=1S/C11H13NO3.C2H6.H2/c1-2-7-12-10(13)8-5-3-4-6-9(8)11(14)15;1-2;/h3-6H,2,7H2,1H3,(H,12,13)(H,14,15);1-2H3;1H. The Morgan fingerprint density at radius 1 is 1.24 bits per heavy atom. The zero-order valence-corrected chi connectivity index (χ0v) is 10.5. The third kappa shape index (κ3) is 4.68. The van der Waals surface area contributed by atoms with Gasteiger partial charge in [0.15, 0.2) is 0 Å². The fraction of sp³-hybridized carbons (Fsp3) is 0.385. The van der Waals surface area contributed by atoms with Crippen molar-refractivity contribution < 1.29 is 16.1 Å². The molecule has 0 unspecified atom stereocenters. The van der Waals surface area contributed by atoms with Gasteiger partial charge in [0.25, 0.3) is 5.91 Å². The molecule has 0 heterocycles. The first-order valence-corrected chi connectivity index (χ1v) is 5.77. The molecule has 0 aliphatic carbocycles. The SMILES string of the molecule is CC.CCCNC(=O)c1ccccc1C(=O)O.[HH]. The minimum absolute atomic E-state index is 0. The Kier molecular flexibility index (Phi) is 7.43. The largest absolute Gasteiger partial charge is 0.478 e. The third-order valence-corrected chi connectivity index (χ3v) is 1.94. The molecule has 17 heavy (non-hydrogen) atoms. The van der Waals surface area contributed by atoms with E-state index in [4.69, 9.17) is 5.11 Å². The lowest BCUT2D eigenvalue weighted by molar-refractivity contribution is 0.0691. The van der Waals surface area contributed by atoms with Gasteiger partial charge in [-0.2, -0.15) is 0 Å². The van der Waals surface area contributed by atoms with E-state index >= 15 is 0 Å². The molecule has 0 aromatic heterocycles. The molecular weight excluding hydrogens is 218 g/mol. The van der Waals surface area contributed by atoms with Gasteiger partial charge in [-0.3, -0.25) is 4.79 Å². The summed E-state index contributed by atoms with van der Waals surface area (Å²) in [6, 6.07) is 6.17. The fourth-order valence-electron chi connectivity index (χ4n) is 1.20. The van der Waals surface area contributed by atoms with Gasteiger partial charge in [0.05, 0.1) is 11.1 Å². The normalized spacial score (nSPS) is 8.88.